The highest BCUT2D eigenvalue weighted by Gasteiger charge is 2.15. The van der Waals surface area contributed by atoms with Crippen LogP contribution in [0.15, 0.2) is 18.5 Å². The Bertz CT molecular complexity index is 724. The summed E-state index contributed by atoms with van der Waals surface area (Å²) in [5.74, 6) is 1.58. The lowest BCUT2D eigenvalue weighted by Gasteiger charge is -2.23. The second kappa shape index (κ2) is 7.63. The van der Waals surface area contributed by atoms with Gasteiger partial charge in [-0.25, -0.2) is 9.97 Å². The number of hydrogen-bond acceptors (Lipinski definition) is 9. The molecular weight excluding hydrogens is 310 g/mol. The topological polar surface area (TPSA) is 118 Å². The van der Waals surface area contributed by atoms with Gasteiger partial charge in [-0.1, -0.05) is 0 Å². The number of nitrogens with zero attached hydrogens (tertiary/aromatic N) is 5. The van der Waals surface area contributed by atoms with Crippen molar-refractivity contribution in [2.24, 2.45) is 0 Å². The Labute approximate surface area is 139 Å². The summed E-state index contributed by atoms with van der Waals surface area (Å²) < 4.78 is 11.4. The molecule has 3 heterocycles. The summed E-state index contributed by atoms with van der Waals surface area (Å²) >= 11 is 0. The van der Waals surface area contributed by atoms with Crippen molar-refractivity contribution in [3.05, 3.63) is 29.8 Å². The lowest BCUT2D eigenvalue weighted by Crippen LogP contribution is -2.41. The molecule has 9 heteroatoms. The molecule has 0 bridgehead atoms. The van der Waals surface area contributed by atoms with Crippen molar-refractivity contribution in [2.45, 2.75) is 13.0 Å². The SMILES string of the molecule is Cc1nnc(Nc2cnc(C#N)cn2)cc1OC[C@H]1CNCCO1. The summed E-state index contributed by atoms with van der Waals surface area (Å²) in [6, 6.07) is 3.66. The Kier molecular flexibility index (Phi) is 5.10. The van der Waals surface area contributed by atoms with Gasteiger partial charge in [0.05, 0.1) is 19.0 Å². The molecule has 1 atom stereocenters. The summed E-state index contributed by atoms with van der Waals surface area (Å²) in [5, 5.41) is 23.1. The van der Waals surface area contributed by atoms with Crippen molar-refractivity contribution in [2.75, 3.05) is 31.6 Å². The van der Waals surface area contributed by atoms with Gasteiger partial charge in [-0.15, -0.1) is 10.2 Å². The van der Waals surface area contributed by atoms with Crippen LogP contribution in [0.4, 0.5) is 11.6 Å². The van der Waals surface area contributed by atoms with E-state index in [4.69, 9.17) is 14.7 Å². The third-order valence-corrected chi connectivity index (χ3v) is 3.38. The number of morpholine rings is 1. The molecule has 3 rings (SSSR count). The Morgan fingerprint density at radius 3 is 3.00 bits per heavy atom. The fraction of sp³-hybridized carbons (Fsp3) is 0.400. The van der Waals surface area contributed by atoms with E-state index >= 15 is 0 Å². The molecule has 1 fully saturated rings. The van der Waals surface area contributed by atoms with E-state index in [0.717, 1.165) is 13.1 Å². The lowest BCUT2D eigenvalue weighted by molar-refractivity contribution is -0.0000356. The molecule has 0 aromatic carbocycles. The molecule has 9 nitrogen and oxygen atoms in total. The number of nitriles is 1. The average molecular weight is 327 g/mol. The molecule has 0 spiro atoms. The first kappa shape index (κ1) is 16.0. The largest absolute Gasteiger partial charge is 0.489 e. The highest BCUT2D eigenvalue weighted by atomic mass is 16.5. The Morgan fingerprint density at radius 2 is 2.29 bits per heavy atom. The molecule has 1 saturated heterocycles. The lowest BCUT2D eigenvalue weighted by atomic mass is 10.3. The second-order valence-corrected chi connectivity index (χ2v) is 5.21. The van der Waals surface area contributed by atoms with Gasteiger partial charge in [-0.05, 0) is 6.92 Å². The Balaban J connectivity index is 1.65. The fourth-order valence-corrected chi connectivity index (χ4v) is 2.13. The van der Waals surface area contributed by atoms with Gasteiger partial charge in [0, 0.05) is 19.2 Å². The molecule has 0 aliphatic carbocycles. The number of nitrogens with one attached hydrogen (secondary N) is 2. The van der Waals surface area contributed by atoms with E-state index in [1.165, 1.54) is 12.4 Å². The molecule has 2 aromatic heterocycles. The van der Waals surface area contributed by atoms with Crippen molar-refractivity contribution < 1.29 is 9.47 Å². The van der Waals surface area contributed by atoms with Crippen molar-refractivity contribution in [1.29, 1.82) is 5.26 Å². The standard InChI is InChI=1S/C15H17N7O2/c1-10-13(24-9-12-7-17-2-3-23-12)4-14(22-21-10)20-15-8-18-11(5-16)6-19-15/h4,6,8,12,17H,2-3,7,9H2,1H3,(H,19,20,22)/t12-/m1/s1. The van der Waals surface area contributed by atoms with Gasteiger partial charge < -0.3 is 20.1 Å². The van der Waals surface area contributed by atoms with E-state index in [1.807, 2.05) is 13.0 Å². The molecule has 0 unspecified atom stereocenters. The van der Waals surface area contributed by atoms with Crippen LogP contribution in [0.1, 0.15) is 11.4 Å². The van der Waals surface area contributed by atoms with Crippen LogP contribution in [-0.4, -0.2) is 52.6 Å². The predicted molar refractivity (Wildman–Crippen MR) is 84.9 cm³/mol. The number of aryl methyl sites for hydroxylation is 1. The first-order chi connectivity index (χ1) is 11.7. The van der Waals surface area contributed by atoms with Crippen molar-refractivity contribution in [3.63, 3.8) is 0 Å². The summed E-state index contributed by atoms with van der Waals surface area (Å²) in [6.45, 7) is 4.59. The Hall–Kier alpha value is -2.83. The van der Waals surface area contributed by atoms with Crippen LogP contribution in [-0.2, 0) is 4.74 Å². The van der Waals surface area contributed by atoms with Gasteiger partial charge in [-0.2, -0.15) is 5.26 Å². The summed E-state index contributed by atoms with van der Waals surface area (Å²) in [4.78, 5) is 8.03. The summed E-state index contributed by atoms with van der Waals surface area (Å²) in [7, 11) is 0. The van der Waals surface area contributed by atoms with Crippen molar-refractivity contribution >= 4 is 11.6 Å². The van der Waals surface area contributed by atoms with Crippen LogP contribution >= 0.6 is 0 Å². The highest BCUT2D eigenvalue weighted by molar-refractivity contribution is 5.52. The maximum atomic E-state index is 8.73. The zero-order chi connectivity index (χ0) is 16.8. The molecule has 24 heavy (non-hydrogen) atoms. The minimum Gasteiger partial charge on any atom is -0.489 e. The van der Waals surface area contributed by atoms with Crippen LogP contribution in [0.25, 0.3) is 0 Å². The quantitative estimate of drug-likeness (QED) is 0.811. The first-order valence-electron chi connectivity index (χ1n) is 7.53. The molecular formula is C15H17N7O2. The van der Waals surface area contributed by atoms with Crippen molar-refractivity contribution in [1.82, 2.24) is 25.5 Å². The molecule has 2 N–H and O–H groups in total. The zero-order valence-electron chi connectivity index (χ0n) is 13.2. The van der Waals surface area contributed by atoms with Crippen LogP contribution < -0.4 is 15.4 Å². The van der Waals surface area contributed by atoms with Gasteiger partial charge in [0.2, 0.25) is 0 Å². The fourth-order valence-electron chi connectivity index (χ4n) is 2.13. The normalized spacial score (nSPS) is 17.1. The maximum absolute atomic E-state index is 8.73. The minimum atomic E-state index is 0.0205. The average Bonchev–Trinajstić information content (AvgIpc) is 2.63. The number of aromatic nitrogens is 4. The van der Waals surface area contributed by atoms with Crippen LogP contribution in [0, 0.1) is 18.3 Å². The van der Waals surface area contributed by atoms with E-state index in [9.17, 15) is 0 Å². The second-order valence-electron chi connectivity index (χ2n) is 5.21. The van der Waals surface area contributed by atoms with E-state index < -0.39 is 0 Å². The van der Waals surface area contributed by atoms with E-state index in [2.05, 4.69) is 30.8 Å². The number of hydrogen-bond donors (Lipinski definition) is 2. The Morgan fingerprint density at radius 1 is 1.38 bits per heavy atom. The minimum absolute atomic E-state index is 0.0205. The molecule has 124 valence electrons. The zero-order valence-corrected chi connectivity index (χ0v) is 13.2. The van der Waals surface area contributed by atoms with Crippen molar-refractivity contribution in [3.8, 4) is 11.8 Å². The van der Waals surface area contributed by atoms with E-state index in [1.54, 1.807) is 6.07 Å². The monoisotopic (exact) mass is 327 g/mol. The van der Waals surface area contributed by atoms with Gasteiger partial charge in [-0.3, -0.25) is 0 Å². The molecule has 1 aliphatic rings. The summed E-state index contributed by atoms with van der Waals surface area (Å²) in [6.07, 6.45) is 2.86. The highest BCUT2D eigenvalue weighted by Crippen LogP contribution is 2.20. The molecule has 1 aliphatic heterocycles. The van der Waals surface area contributed by atoms with Gasteiger partial charge in [0.15, 0.2) is 11.5 Å². The van der Waals surface area contributed by atoms with Crippen LogP contribution in [0.5, 0.6) is 5.75 Å². The van der Waals surface area contributed by atoms with Gasteiger partial charge in [0.25, 0.3) is 0 Å². The maximum Gasteiger partial charge on any atom is 0.158 e. The first-order valence-corrected chi connectivity index (χ1v) is 7.53. The van der Waals surface area contributed by atoms with Crippen LogP contribution in [0.2, 0.25) is 0 Å². The third-order valence-electron chi connectivity index (χ3n) is 3.38. The van der Waals surface area contributed by atoms with E-state index in [0.29, 0.717) is 36.3 Å². The third kappa shape index (κ3) is 4.13. The smallest absolute Gasteiger partial charge is 0.158 e. The molecule has 2 aromatic rings. The van der Waals surface area contributed by atoms with Crippen LogP contribution in [0.3, 0.4) is 0 Å². The molecule has 0 amide bonds. The van der Waals surface area contributed by atoms with Gasteiger partial charge >= 0.3 is 0 Å². The molecule has 0 saturated carbocycles. The van der Waals surface area contributed by atoms with Gasteiger partial charge in [0.1, 0.15) is 36.0 Å². The van der Waals surface area contributed by atoms with E-state index in [-0.39, 0.29) is 11.8 Å². The number of ether oxygens (including phenoxy) is 2. The number of anilines is 2. The predicted octanol–water partition coefficient (Wildman–Crippen LogP) is 0.557. The summed E-state index contributed by atoms with van der Waals surface area (Å²) in [5.41, 5.74) is 0.941. The number of rotatable bonds is 5. The molecule has 0 radical (unpaired) electrons.